The summed E-state index contributed by atoms with van der Waals surface area (Å²) in [4.78, 5) is 48.4. The summed E-state index contributed by atoms with van der Waals surface area (Å²) in [6.45, 7) is 12.6. The third kappa shape index (κ3) is 6.78. The molecule has 9 aliphatic rings. The Balaban J connectivity index is 0.000000183. The van der Waals surface area contributed by atoms with Gasteiger partial charge in [0.2, 0.25) is 6.10 Å². The van der Waals surface area contributed by atoms with E-state index >= 15 is 0 Å². The van der Waals surface area contributed by atoms with Crippen molar-refractivity contribution in [3.05, 3.63) is 36.1 Å². The summed E-state index contributed by atoms with van der Waals surface area (Å²) in [6.07, 6.45) is 13.2. The van der Waals surface area contributed by atoms with Gasteiger partial charge in [0, 0.05) is 24.0 Å². The van der Waals surface area contributed by atoms with Crippen LogP contribution in [0.3, 0.4) is 0 Å². The predicted octanol–water partition coefficient (Wildman–Crippen LogP) is 6.84. The van der Waals surface area contributed by atoms with Crippen LogP contribution in [0.2, 0.25) is 0 Å². The molecule has 0 aromatic carbocycles. The second kappa shape index (κ2) is 13.1. The van der Waals surface area contributed by atoms with E-state index in [-0.39, 0.29) is 35.6 Å². The second-order valence-corrected chi connectivity index (χ2v) is 16.1. The summed E-state index contributed by atoms with van der Waals surface area (Å²) >= 11 is 0. The minimum Gasteiger partial charge on any atom is -0.515 e. The molecule has 9 fully saturated rings. The van der Waals surface area contributed by atoms with Crippen LogP contribution < -0.4 is 0 Å². The molecule has 0 radical (unpaired) electrons. The van der Waals surface area contributed by atoms with Crippen LogP contribution in [0.5, 0.6) is 0 Å². The van der Waals surface area contributed by atoms with E-state index in [1.165, 1.54) is 58.3 Å². The molecule has 1 saturated heterocycles. The monoisotopic (exact) mass is 652 g/mol. The average molecular weight is 653 g/mol. The van der Waals surface area contributed by atoms with Gasteiger partial charge in [-0.2, -0.15) is 0 Å². The number of cyclic esters (lactones) is 1. The van der Waals surface area contributed by atoms with Gasteiger partial charge in [-0.15, -0.1) is 0 Å². The molecule has 0 amide bonds. The van der Waals surface area contributed by atoms with E-state index in [0.717, 1.165) is 43.8 Å². The van der Waals surface area contributed by atoms with Crippen LogP contribution in [0.4, 0.5) is 0 Å². The van der Waals surface area contributed by atoms with Crippen molar-refractivity contribution in [3.8, 4) is 0 Å². The number of ether oxygens (including phenoxy) is 4. The quantitative estimate of drug-likeness (QED) is 0.123. The van der Waals surface area contributed by atoms with Gasteiger partial charge in [-0.25, -0.2) is 19.2 Å². The van der Waals surface area contributed by atoms with Crippen LogP contribution in [-0.2, 0) is 38.1 Å². The number of aliphatic hydroxyl groups is 1. The number of hydrogen-bond acceptors (Lipinski definition) is 9. The van der Waals surface area contributed by atoms with Crippen molar-refractivity contribution in [1.29, 1.82) is 0 Å². The number of carbonyl (C=O) groups is 4. The summed E-state index contributed by atoms with van der Waals surface area (Å²) in [6, 6.07) is 0. The van der Waals surface area contributed by atoms with Crippen molar-refractivity contribution < 1.29 is 43.2 Å². The zero-order valence-electron chi connectivity index (χ0n) is 28.3. The summed E-state index contributed by atoms with van der Waals surface area (Å²) in [5.74, 6) is 2.91. The molecule has 0 aromatic rings. The molecule has 8 bridgehead atoms. The van der Waals surface area contributed by atoms with Crippen LogP contribution >= 0.6 is 0 Å². The maximum atomic E-state index is 12.8. The Kier molecular flexibility index (Phi) is 9.40. The van der Waals surface area contributed by atoms with E-state index < -0.39 is 35.7 Å². The summed E-state index contributed by atoms with van der Waals surface area (Å²) in [7, 11) is 0. The van der Waals surface area contributed by atoms with Crippen molar-refractivity contribution in [3.63, 3.8) is 0 Å². The average Bonchev–Trinajstić information content (AvgIpc) is 3.34. The lowest BCUT2D eigenvalue weighted by molar-refractivity contribution is -0.207. The van der Waals surface area contributed by atoms with Crippen molar-refractivity contribution in [2.24, 2.45) is 41.4 Å². The fourth-order valence-corrected chi connectivity index (χ4v) is 11.0. The van der Waals surface area contributed by atoms with E-state index in [9.17, 15) is 24.3 Å². The Hall–Kier alpha value is -3.10. The Bertz CT molecular complexity index is 1280. The van der Waals surface area contributed by atoms with Crippen molar-refractivity contribution >= 4 is 23.9 Å². The van der Waals surface area contributed by atoms with Crippen molar-refractivity contribution in [2.45, 2.75) is 134 Å². The molecule has 8 aliphatic carbocycles. The van der Waals surface area contributed by atoms with Crippen molar-refractivity contribution in [2.75, 3.05) is 0 Å². The summed E-state index contributed by atoms with van der Waals surface area (Å²) in [5, 5.41) is 9.62. The normalized spacial score (nSPS) is 40.6. The van der Waals surface area contributed by atoms with Gasteiger partial charge in [-0.3, -0.25) is 0 Å². The second-order valence-electron chi connectivity index (χ2n) is 16.1. The third-order valence-electron chi connectivity index (χ3n) is 12.5. The maximum absolute atomic E-state index is 12.8. The van der Waals surface area contributed by atoms with Gasteiger partial charge >= 0.3 is 23.9 Å². The van der Waals surface area contributed by atoms with Gasteiger partial charge in [0.1, 0.15) is 17.3 Å². The summed E-state index contributed by atoms with van der Waals surface area (Å²) < 4.78 is 22.2. The highest BCUT2D eigenvalue weighted by Gasteiger charge is 2.58. The highest BCUT2D eigenvalue weighted by Crippen LogP contribution is 2.61. The fourth-order valence-electron chi connectivity index (χ4n) is 11.0. The van der Waals surface area contributed by atoms with E-state index in [2.05, 4.69) is 20.1 Å². The molecule has 0 aromatic heterocycles. The fraction of sp³-hybridized carbons (Fsp3) is 0.737. The molecule has 9 nitrogen and oxygen atoms in total. The number of hydrogen-bond donors (Lipinski definition) is 1. The van der Waals surface area contributed by atoms with Crippen LogP contribution in [0, 0.1) is 41.4 Å². The van der Waals surface area contributed by atoms with Crippen LogP contribution in [0.25, 0.3) is 0 Å². The molecule has 1 heterocycles. The minimum absolute atomic E-state index is 0.0224. The Morgan fingerprint density at radius 2 is 1.30 bits per heavy atom. The minimum atomic E-state index is -1.02. The van der Waals surface area contributed by atoms with Gasteiger partial charge in [0.25, 0.3) is 0 Å². The lowest BCUT2D eigenvalue weighted by atomic mass is 9.49. The zero-order chi connectivity index (χ0) is 33.7. The topological polar surface area (TPSA) is 125 Å². The van der Waals surface area contributed by atoms with E-state index in [1.54, 1.807) is 6.92 Å². The van der Waals surface area contributed by atoms with E-state index in [1.807, 2.05) is 0 Å². The van der Waals surface area contributed by atoms with Gasteiger partial charge in [-0.1, -0.05) is 20.1 Å². The molecule has 1 aliphatic heterocycles. The third-order valence-corrected chi connectivity index (χ3v) is 12.5. The Morgan fingerprint density at radius 1 is 0.787 bits per heavy atom. The molecule has 1 N–H and O–H groups in total. The standard InChI is InChI=1S/C22H28O7.C16H24O2/c1-12(2)19(24)28-18-7-17(27-21(18)26)6-16(11-23)20(25)29-22-8-13-3-14(9-22)5-15(4-13)10-22;1-4-16(18-15(17)10(2)3)13-6-11-5-12(8-13)9-14(16)7-11/h11,13-15,17-18,23H,1,3-10H2,2H3;11-14H,2,4-9H2,1,3H3. The molecule has 47 heavy (non-hydrogen) atoms. The first-order valence-electron chi connectivity index (χ1n) is 17.8. The SMILES string of the molecule is C=C(C)C(=O)OC1(CC)C2CC3CC(C2)CC1C3.C=C(C)C(=O)OC1CC(CC(=CO)C(=O)OC23CC4CC(CC(C4)C2)C3)OC1=O. The van der Waals surface area contributed by atoms with Crippen LogP contribution in [-0.4, -0.2) is 52.4 Å². The van der Waals surface area contributed by atoms with Crippen LogP contribution in [0.15, 0.2) is 36.1 Å². The Labute approximate surface area is 278 Å². The number of aliphatic hydroxyl groups excluding tert-OH is 1. The summed E-state index contributed by atoms with van der Waals surface area (Å²) in [5.41, 5.74) is 0.230. The zero-order valence-corrected chi connectivity index (χ0v) is 28.3. The molecule has 258 valence electrons. The lowest BCUT2D eigenvalue weighted by Crippen LogP contribution is -2.59. The van der Waals surface area contributed by atoms with Gasteiger partial charge < -0.3 is 24.1 Å². The van der Waals surface area contributed by atoms with Gasteiger partial charge in [-0.05, 0) is 132 Å². The number of esters is 4. The highest BCUT2D eigenvalue weighted by atomic mass is 16.6. The van der Waals surface area contributed by atoms with E-state index in [0.29, 0.717) is 35.2 Å². The predicted molar refractivity (Wildman–Crippen MR) is 172 cm³/mol. The first-order valence-corrected chi connectivity index (χ1v) is 17.8. The molecule has 8 saturated carbocycles. The van der Waals surface area contributed by atoms with Gasteiger partial charge in [0.05, 0.1) is 11.8 Å². The smallest absolute Gasteiger partial charge is 0.347 e. The molecule has 9 rings (SSSR count). The lowest BCUT2D eigenvalue weighted by Gasteiger charge is -2.60. The van der Waals surface area contributed by atoms with Gasteiger partial charge in [0.15, 0.2) is 0 Å². The first kappa shape index (κ1) is 33.8. The van der Waals surface area contributed by atoms with E-state index in [4.69, 9.17) is 18.9 Å². The molecular weight excluding hydrogens is 600 g/mol. The maximum Gasteiger partial charge on any atom is 0.347 e. The molecule has 0 spiro atoms. The largest absolute Gasteiger partial charge is 0.515 e. The van der Waals surface area contributed by atoms with Crippen molar-refractivity contribution in [1.82, 2.24) is 0 Å². The molecular formula is C38H52O9. The molecule has 2 unspecified atom stereocenters. The Morgan fingerprint density at radius 3 is 1.77 bits per heavy atom. The molecule has 2 atom stereocenters. The number of carbonyl (C=O) groups excluding carboxylic acids is 4. The number of rotatable bonds is 9. The first-order chi connectivity index (χ1) is 22.3. The van der Waals surface area contributed by atoms with Crippen LogP contribution in [0.1, 0.15) is 111 Å². The molecule has 9 heteroatoms. The highest BCUT2D eigenvalue weighted by molar-refractivity contribution is 5.90.